The Morgan fingerprint density at radius 1 is 1.33 bits per heavy atom. The molecule has 0 aliphatic heterocycles. The van der Waals surface area contributed by atoms with Crippen LogP contribution in [-0.2, 0) is 4.79 Å². The van der Waals surface area contributed by atoms with Crippen molar-refractivity contribution in [2.75, 3.05) is 26.7 Å². The number of hydrogen-bond acceptors (Lipinski definition) is 4. The summed E-state index contributed by atoms with van der Waals surface area (Å²) in [6.07, 6.45) is 4.19. The molecule has 0 bridgehead atoms. The van der Waals surface area contributed by atoms with Gasteiger partial charge in [-0.15, -0.1) is 0 Å². The highest BCUT2D eigenvalue weighted by Crippen LogP contribution is 2.20. The minimum absolute atomic E-state index is 0.354. The molecule has 0 radical (unpaired) electrons. The monoisotopic (exact) mass is 257 g/mol. The Bertz CT molecular complexity index is 259. The van der Waals surface area contributed by atoms with Crippen LogP contribution in [0.3, 0.4) is 0 Å². The molecule has 0 heterocycles. The molecular weight excluding hydrogens is 230 g/mol. The number of carbonyl (C=O) groups is 1. The molecule has 0 aliphatic carbocycles. The predicted molar refractivity (Wildman–Crippen MR) is 74.1 cm³/mol. The van der Waals surface area contributed by atoms with Crippen LogP contribution in [0.4, 0.5) is 0 Å². The van der Waals surface area contributed by atoms with Gasteiger partial charge in [-0.1, -0.05) is 25.9 Å². The van der Waals surface area contributed by atoms with Crippen molar-refractivity contribution in [3.05, 3.63) is 0 Å². The lowest BCUT2D eigenvalue weighted by molar-refractivity contribution is -0.114. The standard InChI is InChI=1S/C13H27N3O2/c1-13(2,3)7-5-9-16(4)10-6-8-14-12(17)11-15-18/h11,18H,5-10H2,1-4H3,(H,14,17)/b15-11+. The van der Waals surface area contributed by atoms with Crippen molar-refractivity contribution >= 4 is 12.1 Å². The van der Waals surface area contributed by atoms with Gasteiger partial charge in [0.25, 0.3) is 5.91 Å². The highest BCUT2D eigenvalue weighted by atomic mass is 16.4. The van der Waals surface area contributed by atoms with Crippen LogP contribution in [0.1, 0.15) is 40.0 Å². The van der Waals surface area contributed by atoms with E-state index in [9.17, 15) is 4.79 Å². The first-order valence-electron chi connectivity index (χ1n) is 6.49. The van der Waals surface area contributed by atoms with E-state index < -0.39 is 0 Å². The first-order chi connectivity index (χ1) is 8.35. The minimum atomic E-state index is -0.354. The van der Waals surface area contributed by atoms with Crippen LogP contribution in [0, 0.1) is 5.41 Å². The van der Waals surface area contributed by atoms with E-state index in [-0.39, 0.29) is 5.91 Å². The summed E-state index contributed by atoms with van der Waals surface area (Å²) in [7, 11) is 2.10. The van der Waals surface area contributed by atoms with Crippen LogP contribution < -0.4 is 5.32 Å². The van der Waals surface area contributed by atoms with Crippen molar-refractivity contribution < 1.29 is 10.0 Å². The molecule has 5 nitrogen and oxygen atoms in total. The number of rotatable bonds is 8. The van der Waals surface area contributed by atoms with Crippen LogP contribution >= 0.6 is 0 Å². The van der Waals surface area contributed by atoms with Crippen LogP contribution in [0.15, 0.2) is 5.16 Å². The van der Waals surface area contributed by atoms with Crippen LogP contribution in [0.2, 0.25) is 0 Å². The van der Waals surface area contributed by atoms with Crippen molar-refractivity contribution in [3.8, 4) is 0 Å². The zero-order valence-electron chi connectivity index (χ0n) is 12.1. The maximum Gasteiger partial charge on any atom is 0.265 e. The SMILES string of the molecule is CN(CCCNC(=O)/C=N/O)CCCC(C)(C)C. The van der Waals surface area contributed by atoms with E-state index in [1.807, 2.05) is 0 Å². The van der Waals surface area contributed by atoms with Crippen LogP contribution in [0.25, 0.3) is 0 Å². The Morgan fingerprint density at radius 2 is 1.94 bits per heavy atom. The molecule has 0 rings (SSSR count). The van der Waals surface area contributed by atoms with Crippen molar-refractivity contribution in [2.24, 2.45) is 10.6 Å². The molecule has 0 spiro atoms. The molecule has 0 unspecified atom stereocenters. The average molecular weight is 257 g/mol. The fraction of sp³-hybridized carbons (Fsp3) is 0.846. The zero-order chi connectivity index (χ0) is 14.0. The molecule has 1 amide bonds. The topological polar surface area (TPSA) is 64.9 Å². The second-order valence-corrected chi connectivity index (χ2v) is 5.86. The van der Waals surface area contributed by atoms with E-state index >= 15 is 0 Å². The second-order valence-electron chi connectivity index (χ2n) is 5.86. The minimum Gasteiger partial charge on any atom is -0.411 e. The number of hydrogen-bond donors (Lipinski definition) is 2. The third kappa shape index (κ3) is 11.4. The van der Waals surface area contributed by atoms with Gasteiger partial charge in [0, 0.05) is 6.54 Å². The fourth-order valence-electron chi connectivity index (χ4n) is 1.65. The van der Waals surface area contributed by atoms with E-state index in [0.717, 1.165) is 25.7 Å². The van der Waals surface area contributed by atoms with Crippen LogP contribution in [-0.4, -0.2) is 48.9 Å². The van der Waals surface area contributed by atoms with Gasteiger partial charge in [-0.2, -0.15) is 0 Å². The second kappa shape index (κ2) is 8.91. The highest BCUT2D eigenvalue weighted by Gasteiger charge is 2.09. The van der Waals surface area contributed by atoms with Gasteiger partial charge in [-0.25, -0.2) is 0 Å². The summed E-state index contributed by atoms with van der Waals surface area (Å²) < 4.78 is 0. The predicted octanol–water partition coefficient (Wildman–Crippen LogP) is 1.71. The first kappa shape index (κ1) is 16.9. The molecule has 0 fully saturated rings. The molecule has 0 saturated carbocycles. The molecule has 106 valence electrons. The maximum atomic E-state index is 10.9. The fourth-order valence-corrected chi connectivity index (χ4v) is 1.65. The lowest BCUT2D eigenvalue weighted by atomic mass is 9.90. The van der Waals surface area contributed by atoms with Gasteiger partial charge in [0.05, 0.1) is 0 Å². The summed E-state index contributed by atoms with van der Waals surface area (Å²) in [6, 6.07) is 0. The van der Waals surface area contributed by atoms with Gasteiger partial charge in [0.2, 0.25) is 0 Å². The Morgan fingerprint density at radius 3 is 2.50 bits per heavy atom. The van der Waals surface area contributed by atoms with E-state index in [0.29, 0.717) is 12.0 Å². The number of nitrogens with one attached hydrogen (secondary N) is 1. The Labute approximate surface area is 110 Å². The van der Waals surface area contributed by atoms with Crippen molar-refractivity contribution in [1.29, 1.82) is 0 Å². The van der Waals surface area contributed by atoms with Gasteiger partial charge in [-0.3, -0.25) is 4.79 Å². The molecule has 0 aromatic carbocycles. The summed E-state index contributed by atoms with van der Waals surface area (Å²) in [5, 5.41) is 13.5. The summed E-state index contributed by atoms with van der Waals surface area (Å²) in [5.41, 5.74) is 0.401. The summed E-state index contributed by atoms with van der Waals surface area (Å²) >= 11 is 0. The van der Waals surface area contributed by atoms with E-state index in [1.165, 1.54) is 12.8 Å². The maximum absolute atomic E-state index is 10.9. The summed E-state index contributed by atoms with van der Waals surface area (Å²) in [4.78, 5) is 13.2. The molecule has 5 heteroatoms. The molecule has 18 heavy (non-hydrogen) atoms. The van der Waals surface area contributed by atoms with Gasteiger partial charge < -0.3 is 15.4 Å². The lowest BCUT2D eigenvalue weighted by Crippen LogP contribution is -2.29. The Kier molecular flexibility index (Phi) is 8.37. The number of carbonyl (C=O) groups excluding carboxylic acids is 1. The van der Waals surface area contributed by atoms with Crippen molar-refractivity contribution in [1.82, 2.24) is 10.2 Å². The average Bonchev–Trinajstić information content (AvgIpc) is 2.23. The molecule has 2 N–H and O–H groups in total. The zero-order valence-corrected chi connectivity index (χ0v) is 12.1. The van der Waals surface area contributed by atoms with Gasteiger partial charge in [0.15, 0.2) is 0 Å². The summed E-state index contributed by atoms with van der Waals surface area (Å²) in [5.74, 6) is -0.354. The van der Waals surface area contributed by atoms with Crippen molar-refractivity contribution in [3.63, 3.8) is 0 Å². The van der Waals surface area contributed by atoms with Gasteiger partial charge >= 0.3 is 0 Å². The molecule has 0 atom stereocenters. The number of oxime groups is 1. The normalized spacial score (nSPS) is 12.3. The van der Waals surface area contributed by atoms with Crippen molar-refractivity contribution in [2.45, 2.75) is 40.0 Å². The molecule has 0 aliphatic rings. The van der Waals surface area contributed by atoms with Gasteiger partial charge in [0.1, 0.15) is 6.21 Å². The third-order valence-electron chi connectivity index (χ3n) is 2.66. The van der Waals surface area contributed by atoms with Gasteiger partial charge in [-0.05, 0) is 44.8 Å². The third-order valence-corrected chi connectivity index (χ3v) is 2.66. The van der Waals surface area contributed by atoms with E-state index in [1.54, 1.807) is 0 Å². The van der Waals surface area contributed by atoms with E-state index in [2.05, 4.69) is 43.2 Å². The molecule has 0 aromatic heterocycles. The molecule has 0 aromatic rings. The lowest BCUT2D eigenvalue weighted by Gasteiger charge is -2.21. The summed E-state index contributed by atoms with van der Waals surface area (Å²) in [6.45, 7) is 9.42. The largest absolute Gasteiger partial charge is 0.411 e. The van der Waals surface area contributed by atoms with Crippen LogP contribution in [0.5, 0.6) is 0 Å². The smallest absolute Gasteiger partial charge is 0.265 e. The number of nitrogens with zero attached hydrogens (tertiary/aromatic N) is 2. The molecular formula is C13H27N3O2. The van der Waals surface area contributed by atoms with E-state index in [4.69, 9.17) is 5.21 Å². The highest BCUT2D eigenvalue weighted by molar-refractivity contribution is 6.25. The first-order valence-corrected chi connectivity index (χ1v) is 6.49. The Hall–Kier alpha value is -1.10. The quantitative estimate of drug-likeness (QED) is 0.301. The molecule has 0 saturated heterocycles. The Balaban J connectivity index is 3.48. The number of amides is 1.